The zero-order chi connectivity index (χ0) is 25.3. The summed E-state index contributed by atoms with van der Waals surface area (Å²) >= 11 is 0. The van der Waals surface area contributed by atoms with Crippen molar-refractivity contribution >= 4 is 11.9 Å². The van der Waals surface area contributed by atoms with Crippen LogP contribution in [-0.4, -0.2) is 25.2 Å². The first-order valence-electron chi connectivity index (χ1n) is 14.9. The molecule has 0 aliphatic rings. The lowest BCUT2D eigenvalue weighted by molar-refractivity contribution is -0.157. The Morgan fingerprint density at radius 1 is 0.529 bits per heavy atom. The first-order valence-corrected chi connectivity index (χ1v) is 14.9. The molecular formula is C30H58O4. The van der Waals surface area contributed by atoms with Gasteiger partial charge in [0.25, 0.3) is 0 Å². The van der Waals surface area contributed by atoms with Crippen LogP contribution in [0.15, 0.2) is 0 Å². The molecule has 0 saturated carbocycles. The van der Waals surface area contributed by atoms with Gasteiger partial charge in [0.2, 0.25) is 0 Å². The number of ether oxygens (including phenoxy) is 2. The van der Waals surface area contributed by atoms with Gasteiger partial charge in [0.05, 0.1) is 18.6 Å². The maximum absolute atomic E-state index is 12.8. The number of rotatable bonds is 25. The summed E-state index contributed by atoms with van der Waals surface area (Å²) in [4.78, 5) is 24.6. The van der Waals surface area contributed by atoms with Crippen LogP contribution in [0.5, 0.6) is 0 Å². The van der Waals surface area contributed by atoms with Crippen LogP contribution < -0.4 is 0 Å². The molecule has 34 heavy (non-hydrogen) atoms. The molecule has 0 aliphatic heterocycles. The molecule has 0 spiro atoms. The Kier molecular flexibility index (Phi) is 22.9. The Balaban J connectivity index is 3.78. The summed E-state index contributed by atoms with van der Waals surface area (Å²) < 4.78 is 11.0. The molecule has 0 bridgehead atoms. The first kappa shape index (κ1) is 32.9. The lowest BCUT2D eigenvalue weighted by Crippen LogP contribution is -2.32. The summed E-state index contributed by atoms with van der Waals surface area (Å²) in [7, 11) is 0. The molecule has 0 rings (SSSR count). The molecule has 0 fully saturated rings. The maximum atomic E-state index is 12.8. The number of unbranched alkanes of at least 4 members (excludes halogenated alkanes) is 14. The maximum Gasteiger partial charge on any atom is 0.312 e. The highest BCUT2D eigenvalue weighted by molar-refractivity contribution is 5.76. The average molecular weight is 483 g/mol. The van der Waals surface area contributed by atoms with Crippen molar-refractivity contribution in [3.8, 4) is 0 Å². The molecule has 0 radical (unpaired) electrons. The van der Waals surface area contributed by atoms with Gasteiger partial charge in [-0.15, -0.1) is 0 Å². The Hall–Kier alpha value is -1.06. The van der Waals surface area contributed by atoms with Crippen molar-refractivity contribution in [1.29, 1.82) is 0 Å². The standard InChI is InChI=1S/C30H58O4/c1-5-9-11-18-22-26-33-28(31)24-20-16-14-13-15-17-21-25-30(7-3,8-4)29(32)34-27-23-19-12-10-6-2/h5-27H2,1-4H3. The molecule has 0 N–H and O–H groups in total. The third kappa shape index (κ3) is 17.4. The second-order valence-corrected chi connectivity index (χ2v) is 10.1. The summed E-state index contributed by atoms with van der Waals surface area (Å²) in [5.41, 5.74) is -0.292. The predicted octanol–water partition coefficient (Wildman–Crippen LogP) is 9.33. The topological polar surface area (TPSA) is 52.6 Å². The molecule has 0 amide bonds. The van der Waals surface area contributed by atoms with Crippen molar-refractivity contribution in [2.75, 3.05) is 13.2 Å². The number of carbonyl (C=O) groups excluding carboxylic acids is 2. The van der Waals surface area contributed by atoms with Crippen molar-refractivity contribution in [3.05, 3.63) is 0 Å². The fraction of sp³-hybridized carbons (Fsp3) is 0.933. The third-order valence-electron chi connectivity index (χ3n) is 7.31. The van der Waals surface area contributed by atoms with Gasteiger partial charge >= 0.3 is 11.9 Å². The largest absolute Gasteiger partial charge is 0.466 e. The number of carbonyl (C=O) groups is 2. The minimum Gasteiger partial charge on any atom is -0.466 e. The molecule has 0 saturated heterocycles. The zero-order valence-electron chi connectivity index (χ0n) is 23.4. The highest BCUT2D eigenvalue weighted by Crippen LogP contribution is 2.34. The lowest BCUT2D eigenvalue weighted by atomic mass is 9.77. The van der Waals surface area contributed by atoms with Crippen molar-refractivity contribution in [2.24, 2.45) is 5.41 Å². The van der Waals surface area contributed by atoms with E-state index in [2.05, 4.69) is 27.7 Å². The fourth-order valence-electron chi connectivity index (χ4n) is 4.60. The van der Waals surface area contributed by atoms with E-state index in [-0.39, 0.29) is 17.4 Å². The summed E-state index contributed by atoms with van der Waals surface area (Å²) in [5.74, 6) is -0.000329. The molecule has 0 atom stereocenters. The van der Waals surface area contributed by atoms with E-state index in [1.807, 2.05) is 0 Å². The van der Waals surface area contributed by atoms with E-state index in [4.69, 9.17) is 9.47 Å². The van der Waals surface area contributed by atoms with Crippen LogP contribution in [0.4, 0.5) is 0 Å². The second kappa shape index (κ2) is 23.7. The lowest BCUT2D eigenvalue weighted by Gasteiger charge is -2.29. The highest BCUT2D eigenvalue weighted by Gasteiger charge is 2.35. The van der Waals surface area contributed by atoms with Crippen molar-refractivity contribution in [1.82, 2.24) is 0 Å². The first-order chi connectivity index (χ1) is 16.6. The van der Waals surface area contributed by atoms with Crippen LogP contribution in [0, 0.1) is 5.41 Å². The van der Waals surface area contributed by atoms with E-state index in [1.54, 1.807) is 0 Å². The molecule has 0 unspecified atom stereocenters. The average Bonchev–Trinajstić information content (AvgIpc) is 2.85. The van der Waals surface area contributed by atoms with E-state index in [0.29, 0.717) is 19.6 Å². The molecule has 4 heteroatoms. The summed E-state index contributed by atoms with van der Waals surface area (Å²) in [6, 6.07) is 0. The highest BCUT2D eigenvalue weighted by atomic mass is 16.5. The van der Waals surface area contributed by atoms with Crippen LogP contribution >= 0.6 is 0 Å². The minimum absolute atomic E-state index is 0.0286. The zero-order valence-corrected chi connectivity index (χ0v) is 23.4. The van der Waals surface area contributed by atoms with Gasteiger partial charge in [-0.25, -0.2) is 0 Å². The van der Waals surface area contributed by atoms with Crippen LogP contribution in [0.3, 0.4) is 0 Å². The van der Waals surface area contributed by atoms with Gasteiger partial charge in [0, 0.05) is 6.42 Å². The smallest absolute Gasteiger partial charge is 0.312 e. The van der Waals surface area contributed by atoms with Crippen LogP contribution in [0.25, 0.3) is 0 Å². The van der Waals surface area contributed by atoms with E-state index < -0.39 is 0 Å². The summed E-state index contributed by atoms with van der Waals surface area (Å²) in [6.07, 6.45) is 23.0. The van der Waals surface area contributed by atoms with Gasteiger partial charge < -0.3 is 9.47 Å². The molecule has 4 nitrogen and oxygen atoms in total. The molecule has 0 aromatic rings. The van der Waals surface area contributed by atoms with Crippen molar-refractivity contribution in [3.63, 3.8) is 0 Å². The number of esters is 2. The van der Waals surface area contributed by atoms with E-state index in [0.717, 1.165) is 57.8 Å². The summed E-state index contributed by atoms with van der Waals surface area (Å²) in [6.45, 7) is 9.85. The third-order valence-corrected chi connectivity index (χ3v) is 7.31. The quantitative estimate of drug-likeness (QED) is 0.0960. The molecule has 202 valence electrons. The molecule has 0 aromatic carbocycles. The molecule has 0 aromatic heterocycles. The summed E-state index contributed by atoms with van der Waals surface area (Å²) in [5, 5.41) is 0. The normalized spacial score (nSPS) is 11.5. The predicted molar refractivity (Wildman–Crippen MR) is 144 cm³/mol. The SMILES string of the molecule is CCCCCCCOC(=O)CCCCCCCCCC(CC)(CC)C(=O)OCCCCCCC. The van der Waals surface area contributed by atoms with Gasteiger partial charge in [-0.05, 0) is 38.5 Å². The van der Waals surface area contributed by atoms with Crippen molar-refractivity contribution < 1.29 is 19.1 Å². The van der Waals surface area contributed by atoms with Crippen molar-refractivity contribution in [2.45, 2.75) is 163 Å². The monoisotopic (exact) mass is 482 g/mol. The van der Waals surface area contributed by atoms with E-state index in [1.165, 1.54) is 70.6 Å². The number of hydrogen-bond acceptors (Lipinski definition) is 4. The Morgan fingerprint density at radius 3 is 1.50 bits per heavy atom. The Bertz CT molecular complexity index is 470. The van der Waals surface area contributed by atoms with Gasteiger partial charge in [0.15, 0.2) is 0 Å². The Labute approximate surface area is 212 Å². The van der Waals surface area contributed by atoms with Crippen LogP contribution in [-0.2, 0) is 19.1 Å². The van der Waals surface area contributed by atoms with E-state index >= 15 is 0 Å². The second-order valence-electron chi connectivity index (χ2n) is 10.1. The molecule has 0 heterocycles. The van der Waals surface area contributed by atoms with Crippen LogP contribution in [0.1, 0.15) is 163 Å². The molecule has 0 aliphatic carbocycles. The Morgan fingerprint density at radius 2 is 0.971 bits per heavy atom. The number of hydrogen-bond donors (Lipinski definition) is 0. The van der Waals surface area contributed by atoms with Gasteiger partial charge in [-0.1, -0.05) is 118 Å². The van der Waals surface area contributed by atoms with Crippen LogP contribution in [0.2, 0.25) is 0 Å². The van der Waals surface area contributed by atoms with E-state index in [9.17, 15) is 9.59 Å². The molecular weight excluding hydrogens is 424 g/mol. The van der Waals surface area contributed by atoms with Gasteiger partial charge in [-0.3, -0.25) is 9.59 Å². The van der Waals surface area contributed by atoms with Gasteiger partial charge in [0.1, 0.15) is 0 Å². The minimum atomic E-state index is -0.292. The fourth-order valence-corrected chi connectivity index (χ4v) is 4.60. The van der Waals surface area contributed by atoms with Gasteiger partial charge in [-0.2, -0.15) is 0 Å².